The first-order valence-electron chi connectivity index (χ1n) is 7.88. The second kappa shape index (κ2) is 8.09. The van der Waals surface area contributed by atoms with Crippen LogP contribution in [0.1, 0.15) is 38.2 Å². The van der Waals surface area contributed by atoms with Crippen LogP contribution in [-0.2, 0) is 14.9 Å². The number of carbonyl (C=O) groups is 1. The van der Waals surface area contributed by atoms with Crippen molar-refractivity contribution in [3.05, 3.63) is 34.3 Å². The number of nitrogens with one attached hydrogen (secondary N) is 1. The zero-order chi connectivity index (χ0) is 16.0. The fourth-order valence-corrected chi connectivity index (χ4v) is 3.26. The van der Waals surface area contributed by atoms with Crippen LogP contribution in [0, 0.1) is 0 Å². The highest BCUT2D eigenvalue weighted by Gasteiger charge is 2.34. The van der Waals surface area contributed by atoms with E-state index in [0.29, 0.717) is 13.0 Å². The topological polar surface area (TPSA) is 64.4 Å². The van der Waals surface area contributed by atoms with Gasteiger partial charge in [-0.05, 0) is 43.9 Å². The Bertz CT molecular complexity index is 499. The fourth-order valence-electron chi connectivity index (χ4n) is 2.86. The molecule has 4 nitrogen and oxygen atoms in total. The van der Waals surface area contributed by atoms with E-state index >= 15 is 0 Å². The highest BCUT2D eigenvalue weighted by Crippen LogP contribution is 2.35. The van der Waals surface area contributed by atoms with E-state index in [2.05, 4.69) is 39.4 Å². The van der Waals surface area contributed by atoms with Gasteiger partial charge in [0.15, 0.2) is 0 Å². The van der Waals surface area contributed by atoms with Crippen LogP contribution < -0.4 is 11.1 Å². The summed E-state index contributed by atoms with van der Waals surface area (Å²) in [5, 5.41) is 3.10. The van der Waals surface area contributed by atoms with E-state index in [1.165, 1.54) is 5.56 Å². The molecule has 0 saturated carbocycles. The van der Waals surface area contributed by atoms with E-state index in [1.54, 1.807) is 0 Å². The van der Waals surface area contributed by atoms with E-state index in [-0.39, 0.29) is 17.4 Å². The largest absolute Gasteiger partial charge is 0.381 e. The Balaban J connectivity index is 2.05. The number of hydrogen-bond acceptors (Lipinski definition) is 3. The number of rotatable bonds is 6. The molecule has 1 aliphatic heterocycles. The molecular formula is C17H25BrN2O2. The van der Waals surface area contributed by atoms with Crippen LogP contribution in [-0.4, -0.2) is 31.7 Å². The van der Waals surface area contributed by atoms with Crippen molar-refractivity contribution in [1.82, 2.24) is 5.32 Å². The molecular weight excluding hydrogens is 344 g/mol. The molecule has 2 rings (SSSR count). The molecule has 1 unspecified atom stereocenters. The van der Waals surface area contributed by atoms with Gasteiger partial charge in [0.05, 0.1) is 0 Å². The van der Waals surface area contributed by atoms with Crippen molar-refractivity contribution in [3.63, 3.8) is 0 Å². The van der Waals surface area contributed by atoms with Crippen molar-refractivity contribution >= 4 is 21.8 Å². The van der Waals surface area contributed by atoms with Crippen LogP contribution in [0.15, 0.2) is 28.7 Å². The number of amides is 1. The third-order valence-electron chi connectivity index (χ3n) is 4.34. The molecule has 1 amide bonds. The van der Waals surface area contributed by atoms with E-state index in [9.17, 15) is 4.79 Å². The summed E-state index contributed by atoms with van der Waals surface area (Å²) in [4.78, 5) is 12.0. The molecule has 0 aromatic heterocycles. The van der Waals surface area contributed by atoms with Crippen LogP contribution >= 0.6 is 15.9 Å². The third kappa shape index (κ3) is 4.80. The first-order valence-corrected chi connectivity index (χ1v) is 8.67. The van der Waals surface area contributed by atoms with Gasteiger partial charge < -0.3 is 15.8 Å². The van der Waals surface area contributed by atoms with E-state index in [0.717, 1.165) is 36.9 Å². The molecule has 1 heterocycles. The summed E-state index contributed by atoms with van der Waals surface area (Å²) in [5.41, 5.74) is 6.94. The molecule has 122 valence electrons. The molecule has 1 atom stereocenters. The van der Waals surface area contributed by atoms with Crippen LogP contribution in [0.2, 0.25) is 0 Å². The monoisotopic (exact) mass is 368 g/mol. The van der Waals surface area contributed by atoms with Crippen LogP contribution in [0.4, 0.5) is 0 Å². The summed E-state index contributed by atoms with van der Waals surface area (Å²) in [5.74, 6) is 0.0816. The molecule has 0 aliphatic carbocycles. The van der Waals surface area contributed by atoms with Crippen molar-refractivity contribution in [2.75, 3.05) is 19.8 Å². The Kier molecular flexibility index (Phi) is 6.41. The second-order valence-corrected chi connectivity index (χ2v) is 7.11. The number of halogens is 1. The van der Waals surface area contributed by atoms with Gasteiger partial charge in [-0.1, -0.05) is 28.1 Å². The lowest BCUT2D eigenvalue weighted by Crippen LogP contribution is -2.44. The lowest BCUT2D eigenvalue weighted by Gasteiger charge is -2.38. The van der Waals surface area contributed by atoms with E-state index in [1.807, 2.05) is 13.0 Å². The van der Waals surface area contributed by atoms with Gasteiger partial charge in [-0.15, -0.1) is 0 Å². The smallest absolute Gasteiger partial charge is 0.220 e. The average molecular weight is 369 g/mol. The summed E-state index contributed by atoms with van der Waals surface area (Å²) in [7, 11) is 0. The quantitative estimate of drug-likeness (QED) is 0.811. The van der Waals surface area contributed by atoms with Gasteiger partial charge in [-0.3, -0.25) is 4.79 Å². The zero-order valence-electron chi connectivity index (χ0n) is 13.1. The lowest BCUT2D eigenvalue weighted by molar-refractivity contribution is -0.121. The SMILES string of the molecule is CC(N)CCC(=O)NCC1(c2cccc(Br)c2)CCOCC1. The number of nitrogens with two attached hydrogens (primary N) is 1. The minimum absolute atomic E-state index is 0.0357. The standard InChI is InChI=1S/C17H25BrN2O2/c1-13(19)5-6-16(21)20-12-17(7-9-22-10-8-17)14-3-2-4-15(18)11-14/h2-4,11,13H,5-10,12,19H2,1H3,(H,20,21). The van der Waals surface area contributed by atoms with Gasteiger partial charge in [-0.25, -0.2) is 0 Å². The van der Waals surface area contributed by atoms with Crippen molar-refractivity contribution in [1.29, 1.82) is 0 Å². The van der Waals surface area contributed by atoms with E-state index in [4.69, 9.17) is 10.5 Å². The molecule has 1 fully saturated rings. The van der Waals surface area contributed by atoms with E-state index < -0.39 is 0 Å². The normalized spacial score (nSPS) is 18.7. The summed E-state index contributed by atoms with van der Waals surface area (Å²) in [6, 6.07) is 8.43. The zero-order valence-corrected chi connectivity index (χ0v) is 14.7. The minimum Gasteiger partial charge on any atom is -0.381 e. The Morgan fingerprint density at radius 1 is 1.45 bits per heavy atom. The summed E-state index contributed by atoms with van der Waals surface area (Å²) < 4.78 is 6.59. The maximum Gasteiger partial charge on any atom is 0.220 e. The summed E-state index contributed by atoms with van der Waals surface area (Å²) >= 11 is 3.54. The molecule has 3 N–H and O–H groups in total. The van der Waals surface area contributed by atoms with Crippen LogP contribution in [0.5, 0.6) is 0 Å². The predicted molar refractivity (Wildman–Crippen MR) is 91.8 cm³/mol. The fraction of sp³-hybridized carbons (Fsp3) is 0.588. The molecule has 1 aliphatic rings. The predicted octanol–water partition coefficient (Wildman–Crippen LogP) is 2.74. The Morgan fingerprint density at radius 2 is 2.18 bits per heavy atom. The molecule has 0 spiro atoms. The molecule has 1 saturated heterocycles. The summed E-state index contributed by atoms with van der Waals surface area (Å²) in [6.07, 6.45) is 3.07. The van der Waals surface area contributed by atoms with Crippen molar-refractivity contribution in [2.45, 2.75) is 44.1 Å². The molecule has 1 aromatic carbocycles. The number of benzene rings is 1. The first-order chi connectivity index (χ1) is 10.5. The van der Waals surface area contributed by atoms with Gasteiger partial charge in [0.1, 0.15) is 0 Å². The van der Waals surface area contributed by atoms with Gasteiger partial charge in [0.25, 0.3) is 0 Å². The third-order valence-corrected chi connectivity index (χ3v) is 4.83. The van der Waals surface area contributed by atoms with Crippen molar-refractivity contribution in [3.8, 4) is 0 Å². The molecule has 0 radical (unpaired) electrons. The molecule has 0 bridgehead atoms. The average Bonchev–Trinajstić information content (AvgIpc) is 2.52. The number of ether oxygens (including phenoxy) is 1. The molecule has 1 aromatic rings. The van der Waals surface area contributed by atoms with Crippen molar-refractivity contribution in [2.24, 2.45) is 5.73 Å². The first kappa shape index (κ1) is 17.4. The molecule has 22 heavy (non-hydrogen) atoms. The second-order valence-electron chi connectivity index (χ2n) is 6.20. The Morgan fingerprint density at radius 3 is 2.82 bits per heavy atom. The number of carbonyl (C=O) groups excluding carboxylic acids is 1. The number of hydrogen-bond donors (Lipinski definition) is 2. The van der Waals surface area contributed by atoms with Gasteiger partial charge in [-0.2, -0.15) is 0 Å². The maximum absolute atomic E-state index is 12.0. The van der Waals surface area contributed by atoms with Crippen LogP contribution in [0.3, 0.4) is 0 Å². The molecule has 5 heteroatoms. The summed E-state index contributed by atoms with van der Waals surface area (Å²) in [6.45, 7) is 4.06. The maximum atomic E-state index is 12.0. The highest BCUT2D eigenvalue weighted by molar-refractivity contribution is 9.10. The Labute approximate surface area is 140 Å². The minimum atomic E-state index is -0.0357. The Hall–Kier alpha value is -0.910. The van der Waals surface area contributed by atoms with Crippen LogP contribution in [0.25, 0.3) is 0 Å². The van der Waals surface area contributed by atoms with Gasteiger partial charge in [0.2, 0.25) is 5.91 Å². The van der Waals surface area contributed by atoms with Crippen molar-refractivity contribution < 1.29 is 9.53 Å². The van der Waals surface area contributed by atoms with Gasteiger partial charge >= 0.3 is 0 Å². The lowest BCUT2D eigenvalue weighted by atomic mass is 9.74. The highest BCUT2D eigenvalue weighted by atomic mass is 79.9. The van der Waals surface area contributed by atoms with Gasteiger partial charge in [0, 0.05) is 42.1 Å².